The van der Waals surface area contributed by atoms with Gasteiger partial charge in [-0.05, 0) is 25.0 Å². The number of hydrogen-bond donors (Lipinski definition) is 0. The molecule has 0 fully saturated rings. The van der Waals surface area contributed by atoms with Crippen molar-refractivity contribution in [3.05, 3.63) is 29.8 Å². The lowest BCUT2D eigenvalue weighted by atomic mass is 10.1. The van der Waals surface area contributed by atoms with Crippen LogP contribution < -0.4 is 4.90 Å². The summed E-state index contributed by atoms with van der Waals surface area (Å²) in [6.07, 6.45) is 1.31. The zero-order valence-corrected chi connectivity index (χ0v) is 12.1. The van der Waals surface area contributed by atoms with Gasteiger partial charge in [0.1, 0.15) is 13.1 Å². The van der Waals surface area contributed by atoms with Crippen LogP contribution in [0.5, 0.6) is 0 Å². The van der Waals surface area contributed by atoms with Crippen LogP contribution in [0, 0.1) is 22.7 Å². The molecule has 1 aliphatic heterocycles. The van der Waals surface area contributed by atoms with Gasteiger partial charge in [0.25, 0.3) is 0 Å². The van der Waals surface area contributed by atoms with E-state index < -0.39 is 0 Å². The lowest BCUT2D eigenvalue weighted by molar-refractivity contribution is -0.129. The van der Waals surface area contributed by atoms with Crippen LogP contribution >= 0.6 is 0 Å². The Morgan fingerprint density at radius 2 is 2.00 bits per heavy atom. The van der Waals surface area contributed by atoms with Crippen LogP contribution in [0.15, 0.2) is 24.3 Å². The normalized spacial score (nSPS) is 16.0. The molecule has 0 spiro atoms. The molecule has 21 heavy (non-hydrogen) atoms. The summed E-state index contributed by atoms with van der Waals surface area (Å²) >= 11 is 0. The van der Waals surface area contributed by atoms with Crippen molar-refractivity contribution in [2.45, 2.75) is 25.8 Å². The van der Waals surface area contributed by atoms with Crippen LogP contribution in [0.3, 0.4) is 0 Å². The van der Waals surface area contributed by atoms with Gasteiger partial charge in [0, 0.05) is 24.7 Å². The molecule has 5 nitrogen and oxygen atoms in total. The molecule has 0 saturated carbocycles. The van der Waals surface area contributed by atoms with Gasteiger partial charge in [-0.25, -0.2) is 0 Å². The molecule has 108 valence electrons. The number of rotatable bonds is 5. The summed E-state index contributed by atoms with van der Waals surface area (Å²) in [6, 6.07) is 12.4. The van der Waals surface area contributed by atoms with Crippen molar-refractivity contribution in [3.8, 4) is 12.1 Å². The highest BCUT2D eigenvalue weighted by atomic mass is 16.2. The number of anilines is 1. The lowest BCUT2D eigenvalue weighted by Crippen LogP contribution is -2.37. The predicted molar refractivity (Wildman–Crippen MR) is 79.4 cm³/mol. The molecule has 1 aromatic rings. The van der Waals surface area contributed by atoms with E-state index in [9.17, 15) is 4.79 Å². The van der Waals surface area contributed by atoms with Crippen molar-refractivity contribution in [1.82, 2.24) is 4.90 Å². The maximum absolute atomic E-state index is 12.1. The van der Waals surface area contributed by atoms with Crippen LogP contribution in [0.25, 0.3) is 0 Å². The van der Waals surface area contributed by atoms with Crippen molar-refractivity contribution < 1.29 is 4.79 Å². The van der Waals surface area contributed by atoms with Gasteiger partial charge in [0.15, 0.2) is 0 Å². The van der Waals surface area contributed by atoms with Gasteiger partial charge in [0.2, 0.25) is 5.91 Å². The quantitative estimate of drug-likeness (QED) is 0.771. The number of carbonyl (C=O) groups is 1. The number of nitrogens with zero attached hydrogens (tertiary/aromatic N) is 4. The number of amides is 1. The Kier molecular flexibility index (Phi) is 4.79. The summed E-state index contributed by atoms with van der Waals surface area (Å²) in [5, 5.41) is 17.4. The van der Waals surface area contributed by atoms with Crippen molar-refractivity contribution in [1.29, 1.82) is 10.5 Å². The Balaban J connectivity index is 1.98. The first kappa shape index (κ1) is 14.9. The Morgan fingerprint density at radius 3 is 2.67 bits per heavy atom. The Labute approximate surface area is 125 Å². The zero-order chi connectivity index (χ0) is 15.2. The van der Waals surface area contributed by atoms with Gasteiger partial charge >= 0.3 is 0 Å². The first-order valence-corrected chi connectivity index (χ1v) is 7.03. The number of hydrogen-bond acceptors (Lipinski definition) is 4. The average molecular weight is 282 g/mol. The predicted octanol–water partition coefficient (Wildman–Crippen LogP) is 1.70. The third-order valence-electron chi connectivity index (χ3n) is 3.79. The maximum atomic E-state index is 12.1. The van der Waals surface area contributed by atoms with Crippen LogP contribution in [-0.2, 0) is 11.2 Å². The molecular formula is C16H18N4O. The summed E-state index contributed by atoms with van der Waals surface area (Å²) in [4.78, 5) is 15.6. The summed E-state index contributed by atoms with van der Waals surface area (Å²) in [5.74, 6) is -0.144. The fourth-order valence-corrected chi connectivity index (χ4v) is 2.75. The van der Waals surface area contributed by atoms with Crippen LogP contribution in [0.2, 0.25) is 0 Å². The molecule has 0 aliphatic carbocycles. The van der Waals surface area contributed by atoms with E-state index in [2.05, 4.69) is 24.0 Å². The number of para-hydroxylation sites is 1. The number of fused-ring (bicyclic) bond motifs is 1. The smallest absolute Gasteiger partial charge is 0.226 e. The van der Waals surface area contributed by atoms with E-state index in [1.807, 2.05) is 24.3 Å². The minimum absolute atomic E-state index is 0.0292. The first-order valence-electron chi connectivity index (χ1n) is 7.03. The number of nitriles is 2. The van der Waals surface area contributed by atoms with E-state index in [0.29, 0.717) is 19.0 Å². The Hall–Kier alpha value is -2.53. The minimum atomic E-state index is -0.144. The second-order valence-electron chi connectivity index (χ2n) is 5.19. The fourth-order valence-electron chi connectivity index (χ4n) is 2.75. The molecule has 0 N–H and O–H groups in total. The molecule has 0 saturated heterocycles. The van der Waals surface area contributed by atoms with Gasteiger partial charge in [0.05, 0.1) is 12.1 Å². The molecule has 1 aromatic carbocycles. The van der Waals surface area contributed by atoms with Gasteiger partial charge < -0.3 is 9.80 Å². The molecule has 0 radical (unpaired) electrons. The summed E-state index contributed by atoms with van der Waals surface area (Å²) in [7, 11) is 0. The first-order chi connectivity index (χ1) is 10.2. The number of carbonyl (C=O) groups excluding carboxylic acids is 1. The van der Waals surface area contributed by atoms with E-state index in [0.717, 1.165) is 6.42 Å². The minimum Gasteiger partial charge on any atom is -0.368 e. The third-order valence-corrected chi connectivity index (χ3v) is 3.79. The molecule has 0 bridgehead atoms. The van der Waals surface area contributed by atoms with E-state index in [-0.39, 0.29) is 19.0 Å². The van der Waals surface area contributed by atoms with Gasteiger partial charge in [-0.3, -0.25) is 4.79 Å². The molecule has 1 heterocycles. The molecule has 5 heteroatoms. The zero-order valence-electron chi connectivity index (χ0n) is 12.1. The molecule has 0 aromatic heterocycles. The molecule has 2 rings (SSSR count). The van der Waals surface area contributed by atoms with Crippen molar-refractivity contribution in [3.63, 3.8) is 0 Å². The Bertz CT molecular complexity index is 583. The summed E-state index contributed by atoms with van der Waals surface area (Å²) in [5.41, 5.74) is 2.49. The van der Waals surface area contributed by atoms with E-state index in [4.69, 9.17) is 10.5 Å². The van der Waals surface area contributed by atoms with Crippen molar-refractivity contribution in [2.24, 2.45) is 0 Å². The van der Waals surface area contributed by atoms with E-state index in [1.54, 1.807) is 0 Å². The molecule has 1 amide bonds. The Morgan fingerprint density at radius 1 is 1.33 bits per heavy atom. The molecular weight excluding hydrogens is 264 g/mol. The SMILES string of the molecule is C[C@H]1Cc2ccccc2N1CCC(=O)N(CC#N)CC#N. The molecule has 0 unspecified atom stereocenters. The van der Waals surface area contributed by atoms with Crippen molar-refractivity contribution in [2.75, 3.05) is 24.5 Å². The number of benzene rings is 1. The average Bonchev–Trinajstić information content (AvgIpc) is 2.80. The van der Waals surface area contributed by atoms with Crippen molar-refractivity contribution >= 4 is 11.6 Å². The van der Waals surface area contributed by atoms with Crippen LogP contribution in [0.1, 0.15) is 18.9 Å². The standard InChI is InChI=1S/C16H18N4O/c1-13-12-14-4-2-3-5-15(14)20(13)9-6-16(21)19(10-7-17)11-8-18/h2-5,13H,6,9-12H2,1H3/t13-/m0/s1. The second-order valence-corrected chi connectivity index (χ2v) is 5.19. The topological polar surface area (TPSA) is 71.1 Å². The molecule has 1 aliphatic rings. The second kappa shape index (κ2) is 6.76. The fraction of sp³-hybridized carbons (Fsp3) is 0.438. The monoisotopic (exact) mass is 282 g/mol. The summed E-state index contributed by atoms with van der Waals surface area (Å²) in [6.45, 7) is 2.70. The van der Waals surface area contributed by atoms with Gasteiger partial charge in [-0.2, -0.15) is 10.5 Å². The largest absolute Gasteiger partial charge is 0.368 e. The third kappa shape index (κ3) is 3.32. The maximum Gasteiger partial charge on any atom is 0.226 e. The lowest BCUT2D eigenvalue weighted by Gasteiger charge is -2.25. The van der Waals surface area contributed by atoms with Gasteiger partial charge in [-0.1, -0.05) is 18.2 Å². The summed E-state index contributed by atoms with van der Waals surface area (Å²) < 4.78 is 0. The highest BCUT2D eigenvalue weighted by Gasteiger charge is 2.26. The van der Waals surface area contributed by atoms with Crippen LogP contribution in [0.4, 0.5) is 5.69 Å². The highest BCUT2D eigenvalue weighted by Crippen LogP contribution is 2.31. The molecule has 1 atom stereocenters. The highest BCUT2D eigenvalue weighted by molar-refractivity contribution is 5.77. The van der Waals surface area contributed by atoms with E-state index in [1.165, 1.54) is 16.2 Å². The van der Waals surface area contributed by atoms with E-state index >= 15 is 0 Å². The van der Waals surface area contributed by atoms with Crippen LogP contribution in [-0.4, -0.2) is 36.5 Å². The van der Waals surface area contributed by atoms with Gasteiger partial charge in [-0.15, -0.1) is 0 Å².